The molecule has 0 radical (unpaired) electrons. The Kier molecular flexibility index (Phi) is 7.05. The fourth-order valence-corrected chi connectivity index (χ4v) is 3.43. The van der Waals surface area contributed by atoms with Gasteiger partial charge in [0.15, 0.2) is 0 Å². The van der Waals surface area contributed by atoms with Gasteiger partial charge < -0.3 is 15.3 Å². The van der Waals surface area contributed by atoms with E-state index < -0.39 is 11.9 Å². The number of para-hydroxylation sites is 2. The number of carboxylic acids is 1. The quantitative estimate of drug-likeness (QED) is 0.377. The van der Waals surface area contributed by atoms with E-state index >= 15 is 0 Å². The van der Waals surface area contributed by atoms with Crippen molar-refractivity contribution in [3.05, 3.63) is 66.6 Å². The average molecular weight is 473 g/mol. The van der Waals surface area contributed by atoms with Gasteiger partial charge in [0.2, 0.25) is 5.91 Å². The minimum absolute atomic E-state index is 0.0566. The standard InChI is InChI=1S/C24H23N7O4/c1-30(24(35)20-13-25-18-8-2-3-9-19(18)27-20)15-22(32)26-17-7-4-6-16(12-17)21-14-31(29-28-21)11-5-10-23(33)34/h2-4,6-9,12-14H,5,10-11,15H2,1H3,(H,26,32)(H,33,34). The van der Waals surface area contributed by atoms with Gasteiger partial charge in [-0.15, -0.1) is 5.10 Å². The van der Waals surface area contributed by atoms with E-state index in [2.05, 4.69) is 25.6 Å². The Bertz CT molecular complexity index is 1390. The van der Waals surface area contributed by atoms with Crippen molar-refractivity contribution in [2.45, 2.75) is 19.4 Å². The Balaban J connectivity index is 1.36. The number of rotatable bonds is 9. The normalized spacial score (nSPS) is 10.8. The van der Waals surface area contributed by atoms with Gasteiger partial charge in [-0.1, -0.05) is 29.5 Å². The Labute approximate surface area is 200 Å². The predicted octanol–water partition coefficient (Wildman–Crippen LogP) is 2.46. The molecule has 2 aromatic carbocycles. The molecule has 2 heterocycles. The third kappa shape index (κ3) is 6.02. The predicted molar refractivity (Wildman–Crippen MR) is 127 cm³/mol. The summed E-state index contributed by atoms with van der Waals surface area (Å²) in [6.45, 7) is 0.273. The number of likely N-dealkylation sites (N-methyl/N-ethyl adjacent to an activating group) is 1. The molecule has 0 saturated heterocycles. The van der Waals surface area contributed by atoms with Gasteiger partial charge in [-0.3, -0.25) is 24.0 Å². The smallest absolute Gasteiger partial charge is 0.303 e. The van der Waals surface area contributed by atoms with Gasteiger partial charge in [0.05, 0.1) is 30.0 Å². The summed E-state index contributed by atoms with van der Waals surface area (Å²) in [6, 6.07) is 14.3. The van der Waals surface area contributed by atoms with Crippen LogP contribution in [-0.4, -0.2) is 66.3 Å². The minimum Gasteiger partial charge on any atom is -0.481 e. The molecule has 2 aromatic heterocycles. The van der Waals surface area contributed by atoms with E-state index in [4.69, 9.17) is 5.11 Å². The topological polar surface area (TPSA) is 143 Å². The number of carbonyl (C=O) groups excluding carboxylic acids is 2. The fraction of sp³-hybridized carbons (Fsp3) is 0.208. The van der Waals surface area contributed by atoms with Crippen LogP contribution in [0.1, 0.15) is 23.3 Å². The highest BCUT2D eigenvalue weighted by molar-refractivity contribution is 5.99. The minimum atomic E-state index is -0.855. The number of aryl methyl sites for hydroxylation is 1. The van der Waals surface area contributed by atoms with E-state index in [9.17, 15) is 14.4 Å². The van der Waals surface area contributed by atoms with E-state index in [-0.39, 0.29) is 24.6 Å². The molecule has 0 spiro atoms. The van der Waals surface area contributed by atoms with Gasteiger partial charge in [0, 0.05) is 31.3 Å². The first kappa shape index (κ1) is 23.5. The molecule has 4 aromatic rings. The van der Waals surface area contributed by atoms with Crippen molar-refractivity contribution in [3.8, 4) is 11.3 Å². The number of aromatic nitrogens is 5. The first-order valence-electron chi connectivity index (χ1n) is 10.9. The molecule has 0 aliphatic heterocycles. The SMILES string of the molecule is CN(CC(=O)Nc1cccc(-c2cn(CCCC(=O)O)nn2)c1)C(=O)c1cnc2ccccc2n1. The summed E-state index contributed by atoms with van der Waals surface area (Å²) in [6.07, 6.45) is 3.63. The summed E-state index contributed by atoms with van der Waals surface area (Å²) in [4.78, 5) is 45.8. The highest BCUT2D eigenvalue weighted by Gasteiger charge is 2.17. The van der Waals surface area contributed by atoms with Crippen LogP contribution in [-0.2, 0) is 16.1 Å². The molecule has 0 saturated carbocycles. The first-order valence-corrected chi connectivity index (χ1v) is 10.9. The van der Waals surface area contributed by atoms with Crippen LogP contribution >= 0.6 is 0 Å². The summed E-state index contributed by atoms with van der Waals surface area (Å²) in [5.41, 5.74) is 3.32. The molecule has 0 aliphatic rings. The molecular weight excluding hydrogens is 450 g/mol. The van der Waals surface area contributed by atoms with E-state index in [0.29, 0.717) is 35.4 Å². The van der Waals surface area contributed by atoms with Crippen LogP contribution in [0, 0.1) is 0 Å². The number of anilines is 1. The zero-order valence-electron chi connectivity index (χ0n) is 19.0. The lowest BCUT2D eigenvalue weighted by Crippen LogP contribution is -2.35. The summed E-state index contributed by atoms with van der Waals surface area (Å²) >= 11 is 0. The van der Waals surface area contributed by atoms with E-state index in [1.807, 2.05) is 24.3 Å². The summed E-state index contributed by atoms with van der Waals surface area (Å²) in [5, 5.41) is 19.7. The number of hydrogen-bond acceptors (Lipinski definition) is 7. The van der Waals surface area contributed by atoms with Crippen LogP contribution in [0.2, 0.25) is 0 Å². The molecule has 0 bridgehead atoms. The summed E-state index contributed by atoms with van der Waals surface area (Å²) in [7, 11) is 1.53. The van der Waals surface area contributed by atoms with Gasteiger partial charge in [-0.25, -0.2) is 4.98 Å². The van der Waals surface area contributed by atoms with E-state index in [1.54, 1.807) is 35.1 Å². The first-order chi connectivity index (χ1) is 16.9. The maximum atomic E-state index is 12.7. The number of fused-ring (bicyclic) bond motifs is 1. The van der Waals surface area contributed by atoms with Crippen molar-refractivity contribution >= 4 is 34.5 Å². The lowest BCUT2D eigenvalue weighted by molar-refractivity contribution is -0.137. The van der Waals surface area contributed by atoms with E-state index in [0.717, 1.165) is 5.56 Å². The van der Waals surface area contributed by atoms with Crippen molar-refractivity contribution in [2.75, 3.05) is 18.9 Å². The lowest BCUT2D eigenvalue weighted by Gasteiger charge is -2.16. The summed E-state index contributed by atoms with van der Waals surface area (Å²) < 4.78 is 1.58. The number of aliphatic carboxylic acids is 1. The molecule has 11 nitrogen and oxygen atoms in total. The van der Waals surface area contributed by atoms with Crippen molar-refractivity contribution in [1.82, 2.24) is 29.9 Å². The van der Waals surface area contributed by atoms with Crippen molar-refractivity contribution in [1.29, 1.82) is 0 Å². The maximum absolute atomic E-state index is 12.7. The molecule has 2 N–H and O–H groups in total. The Morgan fingerprint density at radius 2 is 1.89 bits per heavy atom. The fourth-order valence-electron chi connectivity index (χ4n) is 3.43. The van der Waals surface area contributed by atoms with Gasteiger partial charge in [0.1, 0.15) is 11.4 Å². The number of carboxylic acid groups (broad SMARTS) is 1. The third-order valence-electron chi connectivity index (χ3n) is 5.15. The van der Waals surface area contributed by atoms with Crippen molar-refractivity contribution < 1.29 is 19.5 Å². The average Bonchev–Trinajstić information content (AvgIpc) is 3.32. The van der Waals surface area contributed by atoms with Gasteiger partial charge >= 0.3 is 5.97 Å². The highest BCUT2D eigenvalue weighted by Crippen LogP contribution is 2.20. The molecule has 4 rings (SSSR count). The molecule has 35 heavy (non-hydrogen) atoms. The number of nitrogens with zero attached hydrogens (tertiary/aromatic N) is 6. The summed E-state index contributed by atoms with van der Waals surface area (Å²) in [5.74, 6) is -1.64. The van der Waals surface area contributed by atoms with Crippen LogP contribution in [0.3, 0.4) is 0 Å². The van der Waals surface area contributed by atoms with Crippen LogP contribution in [0.25, 0.3) is 22.3 Å². The molecule has 11 heteroatoms. The molecule has 0 fully saturated rings. The molecule has 0 atom stereocenters. The lowest BCUT2D eigenvalue weighted by atomic mass is 10.1. The van der Waals surface area contributed by atoms with Crippen LogP contribution in [0.15, 0.2) is 60.9 Å². The van der Waals surface area contributed by atoms with Crippen LogP contribution < -0.4 is 5.32 Å². The maximum Gasteiger partial charge on any atom is 0.303 e. The van der Waals surface area contributed by atoms with Crippen molar-refractivity contribution in [2.24, 2.45) is 0 Å². The Morgan fingerprint density at radius 3 is 2.69 bits per heavy atom. The number of hydrogen-bond donors (Lipinski definition) is 2. The molecular formula is C24H23N7O4. The largest absolute Gasteiger partial charge is 0.481 e. The zero-order valence-corrected chi connectivity index (χ0v) is 19.0. The number of amides is 2. The highest BCUT2D eigenvalue weighted by atomic mass is 16.4. The second kappa shape index (κ2) is 10.5. The molecule has 0 aliphatic carbocycles. The Morgan fingerprint density at radius 1 is 1.09 bits per heavy atom. The molecule has 2 amide bonds. The monoisotopic (exact) mass is 473 g/mol. The zero-order chi connectivity index (χ0) is 24.8. The van der Waals surface area contributed by atoms with E-state index in [1.165, 1.54) is 18.1 Å². The molecule has 178 valence electrons. The second-order valence-electron chi connectivity index (χ2n) is 7.90. The van der Waals surface area contributed by atoms with Crippen LogP contribution in [0.4, 0.5) is 5.69 Å². The number of benzene rings is 2. The Hall–Kier alpha value is -4.67. The number of nitrogens with one attached hydrogen (secondary N) is 1. The second-order valence-corrected chi connectivity index (χ2v) is 7.90. The molecule has 0 unspecified atom stereocenters. The van der Waals surface area contributed by atoms with Gasteiger partial charge in [-0.05, 0) is 30.7 Å². The van der Waals surface area contributed by atoms with Gasteiger partial charge in [0.25, 0.3) is 5.91 Å². The van der Waals surface area contributed by atoms with Crippen molar-refractivity contribution in [3.63, 3.8) is 0 Å². The number of carbonyl (C=O) groups is 3. The van der Waals surface area contributed by atoms with Gasteiger partial charge in [-0.2, -0.15) is 0 Å². The third-order valence-corrected chi connectivity index (χ3v) is 5.15. The van der Waals surface area contributed by atoms with Crippen LogP contribution in [0.5, 0.6) is 0 Å².